The predicted octanol–water partition coefficient (Wildman–Crippen LogP) is 10.1. The minimum atomic E-state index is -3.18. The number of benzene rings is 4. The highest BCUT2D eigenvalue weighted by molar-refractivity contribution is 7.33. The maximum atomic E-state index is 13.6. The van der Waals surface area contributed by atoms with Crippen molar-refractivity contribution in [2.45, 2.75) is 131 Å². The molecule has 23 nitrogen and oxygen atoms in total. The van der Waals surface area contributed by atoms with Crippen molar-refractivity contribution in [2.24, 2.45) is 11.8 Å². The third-order valence-corrected chi connectivity index (χ3v) is 15.8. The third-order valence-electron chi connectivity index (χ3n) is 15.0. The van der Waals surface area contributed by atoms with Gasteiger partial charge in [-0.25, -0.2) is 10.1 Å². The summed E-state index contributed by atoms with van der Waals surface area (Å²) in [7, 11) is -3.18. The molecule has 8 amide bonds. The van der Waals surface area contributed by atoms with Crippen molar-refractivity contribution in [3.05, 3.63) is 166 Å². The van der Waals surface area contributed by atoms with Gasteiger partial charge in [-0.15, -0.1) is 0 Å². The molecule has 0 spiro atoms. The summed E-state index contributed by atoms with van der Waals surface area (Å²) in [5.74, 6) is -3.42. The van der Waals surface area contributed by atoms with E-state index in [1.807, 2.05) is 74.5 Å². The summed E-state index contributed by atoms with van der Waals surface area (Å²) in [6.07, 6.45) is 8.37. The summed E-state index contributed by atoms with van der Waals surface area (Å²) in [6.45, 7) is 10.3. The molecule has 4 aromatic carbocycles. The van der Waals surface area contributed by atoms with Gasteiger partial charge < -0.3 is 40.7 Å². The van der Waals surface area contributed by atoms with Gasteiger partial charge in [0.25, 0.3) is 23.6 Å². The van der Waals surface area contributed by atoms with E-state index in [2.05, 4.69) is 45.7 Å². The van der Waals surface area contributed by atoms with E-state index >= 15 is 0 Å². The van der Waals surface area contributed by atoms with Gasteiger partial charge in [-0.2, -0.15) is 0 Å². The van der Waals surface area contributed by atoms with Gasteiger partial charge in [-0.3, -0.25) is 61.6 Å². The molecule has 4 atom stereocenters. The Hall–Kier alpha value is -8.73. The predicted molar refractivity (Wildman–Crippen MR) is 336 cm³/mol. The molecule has 0 aliphatic heterocycles. The molecular formula is C66H83N8O15P. The van der Waals surface area contributed by atoms with Crippen LogP contribution in [0.4, 0.5) is 0 Å². The zero-order valence-electron chi connectivity index (χ0n) is 51.8. The number of unbranched alkanes of at least 4 members (excludes halogenated alkanes) is 4. The molecule has 90 heavy (non-hydrogen) atoms. The largest absolute Gasteiger partial charge is 0.451 e. The van der Waals surface area contributed by atoms with Crippen LogP contribution in [0.2, 0.25) is 0 Å². The second kappa shape index (κ2) is 37.3. The molecule has 0 radical (unpaired) electrons. The Balaban J connectivity index is 0.902. The van der Waals surface area contributed by atoms with Crippen LogP contribution in [0.15, 0.2) is 130 Å². The summed E-state index contributed by atoms with van der Waals surface area (Å²) in [5, 5.41) is 18.4. The lowest BCUT2D eigenvalue weighted by molar-refractivity contribution is -0.200. The van der Waals surface area contributed by atoms with E-state index in [-0.39, 0.29) is 61.0 Å². The maximum Gasteiger partial charge on any atom is 0.322 e. The van der Waals surface area contributed by atoms with Crippen LogP contribution in [0, 0.1) is 25.7 Å². The second-order valence-electron chi connectivity index (χ2n) is 21.3. The molecule has 24 heteroatoms. The number of nitrogens with zero attached hydrogens (tertiary/aromatic N) is 2. The molecular weight excluding hydrogens is 1180 g/mol. The first kappa shape index (κ1) is 70.4. The third kappa shape index (κ3) is 21.2. The van der Waals surface area contributed by atoms with Crippen molar-refractivity contribution in [2.75, 3.05) is 26.8 Å². The van der Waals surface area contributed by atoms with Gasteiger partial charge in [0.15, 0.2) is 11.5 Å². The zero-order chi connectivity index (χ0) is 64.8. The molecule has 2 aromatic heterocycles. The Kier molecular flexibility index (Phi) is 29.2. The molecule has 0 aliphatic rings. The first-order chi connectivity index (χ1) is 43.6. The maximum absolute atomic E-state index is 13.6. The summed E-state index contributed by atoms with van der Waals surface area (Å²) in [5.41, 5.74) is 4.57. The molecule has 0 saturated carbocycles. The molecule has 0 bridgehead atoms. The quantitative estimate of drug-likeness (QED) is 0.00686. The van der Waals surface area contributed by atoms with Crippen LogP contribution in [-0.2, 0) is 55.7 Å². The van der Waals surface area contributed by atoms with E-state index in [0.717, 1.165) is 49.7 Å². The highest BCUT2D eigenvalue weighted by atomic mass is 31.1. The van der Waals surface area contributed by atoms with Crippen molar-refractivity contribution in [1.82, 2.24) is 42.0 Å². The van der Waals surface area contributed by atoms with Crippen molar-refractivity contribution in [1.29, 1.82) is 0 Å². The highest BCUT2D eigenvalue weighted by Crippen LogP contribution is 2.29. The fourth-order valence-electron chi connectivity index (χ4n) is 10.2. The van der Waals surface area contributed by atoms with E-state index in [4.69, 9.17) is 27.6 Å². The zero-order valence-corrected chi connectivity index (χ0v) is 52.8. The second-order valence-corrected chi connectivity index (χ2v) is 22.4. The number of hydrogen-bond donors (Lipinski definition) is 6. The summed E-state index contributed by atoms with van der Waals surface area (Å²) in [6, 6.07) is 33.7. The average molecular weight is 1260 g/mol. The number of furan rings is 2. The van der Waals surface area contributed by atoms with Gasteiger partial charge in [-0.05, 0) is 110 Å². The van der Waals surface area contributed by atoms with E-state index < -0.39 is 69.3 Å². The molecule has 6 rings (SSSR count). The van der Waals surface area contributed by atoms with E-state index in [1.54, 1.807) is 62.4 Å². The molecule has 0 unspecified atom stereocenters. The lowest BCUT2D eigenvalue weighted by Crippen LogP contribution is -2.48. The van der Waals surface area contributed by atoms with Gasteiger partial charge in [0.1, 0.15) is 38.2 Å². The number of nitrogens with one attached hydrogen (secondary N) is 6. The number of hydroxylamine groups is 4. The minimum Gasteiger partial charge on any atom is -0.451 e. The van der Waals surface area contributed by atoms with Gasteiger partial charge in [0.2, 0.25) is 24.6 Å². The number of rotatable bonds is 40. The van der Waals surface area contributed by atoms with E-state index in [1.165, 1.54) is 22.3 Å². The van der Waals surface area contributed by atoms with Crippen LogP contribution in [-0.4, -0.2) is 97.3 Å². The first-order valence-corrected chi connectivity index (χ1v) is 31.6. The van der Waals surface area contributed by atoms with Crippen LogP contribution >= 0.6 is 8.25 Å². The number of carbonyl (C=O) groups excluding carboxylic acids is 8. The van der Waals surface area contributed by atoms with Gasteiger partial charge >= 0.3 is 8.25 Å². The van der Waals surface area contributed by atoms with Crippen LogP contribution < -0.4 is 31.9 Å². The molecule has 2 heterocycles. The molecule has 0 saturated heterocycles. The Bertz CT molecular complexity index is 3110. The summed E-state index contributed by atoms with van der Waals surface area (Å²) < 4.78 is 34.7. The molecule has 0 fully saturated rings. The van der Waals surface area contributed by atoms with E-state index in [9.17, 15) is 42.9 Å². The average Bonchev–Trinajstić information content (AvgIpc) is 2.35. The van der Waals surface area contributed by atoms with Crippen LogP contribution in [0.1, 0.15) is 156 Å². The fourth-order valence-corrected chi connectivity index (χ4v) is 10.6. The van der Waals surface area contributed by atoms with Crippen molar-refractivity contribution < 1.29 is 70.5 Å². The number of aryl methyl sites for hydroxylation is 2. The van der Waals surface area contributed by atoms with Gasteiger partial charge in [0, 0.05) is 22.3 Å². The van der Waals surface area contributed by atoms with Crippen LogP contribution in [0.3, 0.4) is 0 Å². The van der Waals surface area contributed by atoms with Crippen molar-refractivity contribution >= 4 is 56.5 Å². The summed E-state index contributed by atoms with van der Waals surface area (Å²) >= 11 is 0. The highest BCUT2D eigenvalue weighted by Gasteiger charge is 2.34. The van der Waals surface area contributed by atoms with Crippen LogP contribution in [0.5, 0.6) is 0 Å². The lowest BCUT2D eigenvalue weighted by Gasteiger charge is -2.32. The van der Waals surface area contributed by atoms with Crippen LogP contribution in [0.25, 0.3) is 22.6 Å². The Morgan fingerprint density at radius 1 is 0.500 bits per heavy atom. The molecule has 6 N–H and O–H groups in total. The van der Waals surface area contributed by atoms with Crippen molar-refractivity contribution in [3.8, 4) is 22.6 Å². The van der Waals surface area contributed by atoms with Gasteiger partial charge in [0.05, 0.1) is 37.3 Å². The number of amides is 8. The topological polar surface area (TPSA) is 295 Å². The minimum absolute atomic E-state index is 0.0146. The Labute approximate surface area is 525 Å². The van der Waals surface area contributed by atoms with Gasteiger partial charge in [-0.1, -0.05) is 139 Å². The normalized spacial score (nSPS) is 12.4. The van der Waals surface area contributed by atoms with E-state index in [0.29, 0.717) is 72.3 Å². The smallest absolute Gasteiger partial charge is 0.322 e. The standard InChI is InChI=1S/C66H83N8O15P/c1-7-11-15-25-53(55(9-3)73(43-75)84-37-47-21-17-13-18-22-47)63(79)67-39-69-65(81)59-33-31-57(88-59)49-27-29-51(45(5)35-49)61(77)71-41-86-90(83)87-42-72-62(78)52-30-28-50(36-46(52)6)58-32-34-60(89-58)66(82)70-40-68-64(80)54(26-16-12-8-2)56(10-4)74(44-76)85-38-48-23-19-14-20-24-48/h13-14,17-24,27-36,43-44,53-56,90H,7-12,15-16,25-26,37-42H2,1-6H3,(H,67,79)(H,68,80)(H,69,81)(H,70,82)(H,71,77)(H,72,78)/t53-,54-,55-,56-/m1/s1. The Morgan fingerprint density at radius 2 is 0.900 bits per heavy atom. The molecule has 482 valence electrons. The summed E-state index contributed by atoms with van der Waals surface area (Å²) in [4.78, 5) is 116. The number of hydrogen-bond acceptors (Lipinski definition) is 15. The number of carbonyl (C=O) groups is 8. The SMILES string of the molecule is CCCCC[C@@H](C(=O)NCNC(=O)c1ccc(-c2ccc(C(=O)NCO[PH](=O)OCNC(=O)c3ccc(-c4ccc(C(=O)NCNC(=O)[C@H](CCCCC)[C@@H](CC)N(C=O)OCc5ccccc5)o4)cc3C)c(C)c2)o1)[C@@H](CC)N(C=O)OCc1ccccc1. The molecule has 0 aliphatic carbocycles. The van der Waals surface area contributed by atoms with Crippen molar-refractivity contribution in [3.63, 3.8) is 0 Å². The first-order valence-electron chi connectivity index (χ1n) is 30.3. The lowest BCUT2D eigenvalue weighted by atomic mass is 9.90. The molecule has 6 aromatic rings. The monoisotopic (exact) mass is 1260 g/mol. The fraction of sp³-hybridized carbons (Fsp3) is 0.394. The Morgan fingerprint density at radius 3 is 1.26 bits per heavy atom.